The third-order valence-electron chi connectivity index (χ3n) is 2.18. The predicted molar refractivity (Wildman–Crippen MR) is 51.5 cm³/mol. The molecule has 1 rings (SSSR count). The van der Waals surface area contributed by atoms with E-state index in [1.165, 1.54) is 17.1 Å². The molecule has 68 valence electrons. The first kappa shape index (κ1) is 8.97. The van der Waals surface area contributed by atoms with Crippen molar-refractivity contribution < 1.29 is 0 Å². The molecule has 1 aliphatic rings. The highest BCUT2D eigenvalue weighted by atomic mass is 14.9. The third-order valence-corrected chi connectivity index (χ3v) is 2.18. The first-order chi connectivity index (χ1) is 5.81. The molecule has 0 amide bonds. The van der Waals surface area contributed by atoms with E-state index in [0.29, 0.717) is 0 Å². The molecule has 0 aromatic rings. The molecule has 0 aliphatic heterocycles. The van der Waals surface area contributed by atoms with Crippen LogP contribution < -0.4 is 16.0 Å². The van der Waals surface area contributed by atoms with Gasteiger partial charge in [0.2, 0.25) is 0 Å². The van der Waals surface area contributed by atoms with Gasteiger partial charge in [-0.2, -0.15) is 0 Å². The summed E-state index contributed by atoms with van der Waals surface area (Å²) in [5, 5.41) is 9.54. The van der Waals surface area contributed by atoms with Gasteiger partial charge in [-0.1, -0.05) is 0 Å². The van der Waals surface area contributed by atoms with Crippen LogP contribution in [0.4, 0.5) is 0 Å². The zero-order valence-electron chi connectivity index (χ0n) is 7.99. The summed E-state index contributed by atoms with van der Waals surface area (Å²) in [5.74, 6) is 0. The van der Waals surface area contributed by atoms with Crippen molar-refractivity contribution in [2.75, 3.05) is 21.1 Å². The van der Waals surface area contributed by atoms with Gasteiger partial charge in [-0.15, -0.1) is 0 Å². The molecule has 0 atom stereocenters. The van der Waals surface area contributed by atoms with Crippen molar-refractivity contribution in [3.05, 3.63) is 23.2 Å². The van der Waals surface area contributed by atoms with E-state index in [1.807, 2.05) is 21.1 Å². The third kappa shape index (κ3) is 1.72. The predicted octanol–water partition coefficient (Wildman–Crippen LogP) is 0.534. The topological polar surface area (TPSA) is 36.1 Å². The van der Waals surface area contributed by atoms with Crippen molar-refractivity contribution in [2.45, 2.75) is 12.8 Å². The molecule has 3 N–H and O–H groups in total. The zero-order chi connectivity index (χ0) is 8.97. The Hall–Kier alpha value is -1.12. The van der Waals surface area contributed by atoms with Gasteiger partial charge in [-0.25, -0.2) is 0 Å². The van der Waals surface area contributed by atoms with Gasteiger partial charge in [0.15, 0.2) is 0 Å². The van der Waals surface area contributed by atoms with E-state index in [1.54, 1.807) is 0 Å². The lowest BCUT2D eigenvalue weighted by molar-refractivity contribution is 0.732. The van der Waals surface area contributed by atoms with Crippen LogP contribution in [-0.4, -0.2) is 21.1 Å². The number of likely N-dealkylation sites (N-methyl/N-ethyl adjacent to an activating group) is 1. The Morgan fingerprint density at radius 3 is 2.25 bits per heavy atom. The lowest BCUT2D eigenvalue weighted by atomic mass is 10.1. The normalized spacial score (nSPS) is 17.1. The van der Waals surface area contributed by atoms with Crippen molar-refractivity contribution in [1.29, 1.82) is 0 Å². The standard InChI is InChI=1S/C9H17N3/c1-10-7-4-5-8(11-2)9(6-7)12-3/h6,10-12H,4-5H2,1-3H3. The van der Waals surface area contributed by atoms with Crippen LogP contribution in [0.3, 0.4) is 0 Å². The van der Waals surface area contributed by atoms with E-state index in [0.717, 1.165) is 12.8 Å². The molecule has 1 aliphatic carbocycles. The Bertz CT molecular complexity index is 216. The molecule has 0 heterocycles. The maximum absolute atomic E-state index is 3.19. The average molecular weight is 167 g/mol. The minimum absolute atomic E-state index is 1.08. The molecular formula is C9H17N3. The number of hydrogen-bond acceptors (Lipinski definition) is 3. The van der Waals surface area contributed by atoms with Crippen LogP contribution in [0, 0.1) is 0 Å². The van der Waals surface area contributed by atoms with Crippen LogP contribution in [0.5, 0.6) is 0 Å². The molecule has 0 radical (unpaired) electrons. The van der Waals surface area contributed by atoms with Gasteiger partial charge >= 0.3 is 0 Å². The highest BCUT2D eigenvalue weighted by molar-refractivity contribution is 5.30. The SMILES string of the molecule is CNC1=CC(NC)=C(NC)CC1. The molecule has 12 heavy (non-hydrogen) atoms. The smallest absolute Gasteiger partial charge is 0.0547 e. The summed E-state index contributed by atoms with van der Waals surface area (Å²) in [7, 11) is 5.87. The Balaban J connectivity index is 2.81. The van der Waals surface area contributed by atoms with Crippen molar-refractivity contribution >= 4 is 0 Å². The Morgan fingerprint density at radius 1 is 1.00 bits per heavy atom. The van der Waals surface area contributed by atoms with Gasteiger partial charge in [-0.05, 0) is 18.9 Å². The first-order valence-electron chi connectivity index (χ1n) is 4.28. The Kier molecular flexibility index (Phi) is 3.02. The van der Waals surface area contributed by atoms with E-state index in [2.05, 4.69) is 22.0 Å². The molecule has 0 fully saturated rings. The van der Waals surface area contributed by atoms with Crippen molar-refractivity contribution in [3.8, 4) is 0 Å². The molecule has 3 nitrogen and oxygen atoms in total. The van der Waals surface area contributed by atoms with Crippen LogP contribution >= 0.6 is 0 Å². The van der Waals surface area contributed by atoms with Crippen molar-refractivity contribution in [2.24, 2.45) is 0 Å². The summed E-state index contributed by atoms with van der Waals surface area (Å²) in [6, 6.07) is 0. The second-order valence-corrected chi connectivity index (χ2v) is 2.81. The number of rotatable bonds is 3. The highest BCUT2D eigenvalue weighted by Gasteiger charge is 2.09. The second-order valence-electron chi connectivity index (χ2n) is 2.81. The average Bonchev–Trinajstić information content (AvgIpc) is 2.16. The van der Waals surface area contributed by atoms with Crippen LogP contribution in [0.1, 0.15) is 12.8 Å². The summed E-state index contributed by atoms with van der Waals surface area (Å²) in [4.78, 5) is 0. The highest BCUT2D eigenvalue weighted by Crippen LogP contribution is 2.17. The fourth-order valence-electron chi connectivity index (χ4n) is 1.41. The lowest BCUT2D eigenvalue weighted by Crippen LogP contribution is -2.21. The molecule has 0 aromatic heterocycles. The van der Waals surface area contributed by atoms with E-state index in [9.17, 15) is 0 Å². The van der Waals surface area contributed by atoms with Gasteiger partial charge < -0.3 is 16.0 Å². The monoisotopic (exact) mass is 167 g/mol. The van der Waals surface area contributed by atoms with Crippen LogP contribution in [0.15, 0.2) is 23.2 Å². The van der Waals surface area contributed by atoms with E-state index in [-0.39, 0.29) is 0 Å². The summed E-state index contributed by atoms with van der Waals surface area (Å²) >= 11 is 0. The quantitative estimate of drug-likeness (QED) is 0.574. The lowest BCUT2D eigenvalue weighted by Gasteiger charge is -2.19. The summed E-state index contributed by atoms with van der Waals surface area (Å²) in [6.07, 6.45) is 4.33. The van der Waals surface area contributed by atoms with Crippen molar-refractivity contribution in [1.82, 2.24) is 16.0 Å². The molecule has 0 aromatic carbocycles. The van der Waals surface area contributed by atoms with Crippen LogP contribution in [0.2, 0.25) is 0 Å². The summed E-state index contributed by atoms with van der Waals surface area (Å²) in [5.41, 5.74) is 3.77. The fourth-order valence-corrected chi connectivity index (χ4v) is 1.41. The molecular weight excluding hydrogens is 150 g/mol. The van der Waals surface area contributed by atoms with Crippen LogP contribution in [0.25, 0.3) is 0 Å². The molecule has 0 saturated heterocycles. The molecule has 0 saturated carbocycles. The maximum atomic E-state index is 3.19. The maximum Gasteiger partial charge on any atom is 0.0547 e. The minimum atomic E-state index is 1.08. The van der Waals surface area contributed by atoms with Gasteiger partial charge in [0.25, 0.3) is 0 Å². The Morgan fingerprint density at radius 2 is 1.75 bits per heavy atom. The van der Waals surface area contributed by atoms with Gasteiger partial charge in [0, 0.05) is 32.5 Å². The van der Waals surface area contributed by atoms with Gasteiger partial charge in [0.05, 0.1) is 5.70 Å². The summed E-state index contributed by atoms with van der Waals surface area (Å²) < 4.78 is 0. The second kappa shape index (κ2) is 4.04. The molecule has 3 heteroatoms. The van der Waals surface area contributed by atoms with E-state index in [4.69, 9.17) is 0 Å². The van der Waals surface area contributed by atoms with Gasteiger partial charge in [-0.3, -0.25) is 0 Å². The fraction of sp³-hybridized carbons (Fsp3) is 0.556. The number of nitrogens with one attached hydrogen (secondary N) is 3. The van der Waals surface area contributed by atoms with Gasteiger partial charge in [0.1, 0.15) is 0 Å². The molecule has 0 spiro atoms. The zero-order valence-corrected chi connectivity index (χ0v) is 7.99. The van der Waals surface area contributed by atoms with E-state index < -0.39 is 0 Å². The largest absolute Gasteiger partial charge is 0.391 e. The van der Waals surface area contributed by atoms with E-state index >= 15 is 0 Å². The Labute approximate surface area is 73.9 Å². The van der Waals surface area contributed by atoms with Crippen LogP contribution in [-0.2, 0) is 0 Å². The minimum Gasteiger partial charge on any atom is -0.391 e. The van der Waals surface area contributed by atoms with Crippen molar-refractivity contribution in [3.63, 3.8) is 0 Å². The summed E-state index contributed by atoms with van der Waals surface area (Å²) in [6.45, 7) is 0. The molecule has 0 unspecified atom stereocenters. The number of allylic oxidation sites excluding steroid dienone is 3. The molecule has 0 bridgehead atoms. The first-order valence-corrected chi connectivity index (χ1v) is 4.28. The number of hydrogen-bond donors (Lipinski definition) is 3.